The molecule has 2 N–H and O–H groups in total. The average Bonchev–Trinajstić information content (AvgIpc) is 2.52. The average molecular weight is 445 g/mol. The first-order valence-corrected chi connectivity index (χ1v) is 8.21. The number of hydrogen-bond donors (Lipinski definition) is 2. The molecule has 0 saturated heterocycles. The summed E-state index contributed by atoms with van der Waals surface area (Å²) in [5.41, 5.74) is 3.54. The minimum absolute atomic E-state index is 0.0903. The van der Waals surface area contributed by atoms with Crippen LogP contribution in [0.3, 0.4) is 0 Å². The van der Waals surface area contributed by atoms with Gasteiger partial charge in [0.05, 0.1) is 16.4 Å². The van der Waals surface area contributed by atoms with E-state index < -0.39 is 0 Å². The molecule has 0 spiro atoms. The van der Waals surface area contributed by atoms with Crippen LogP contribution in [0.2, 0.25) is 5.02 Å². The maximum absolute atomic E-state index is 11.9. The van der Waals surface area contributed by atoms with Crippen LogP contribution in [0.25, 0.3) is 0 Å². The monoisotopic (exact) mass is 444 g/mol. The Hall–Kier alpha value is -1.80. The van der Waals surface area contributed by atoms with Crippen LogP contribution in [-0.4, -0.2) is 23.8 Å². The van der Waals surface area contributed by atoms with Crippen molar-refractivity contribution >= 4 is 46.3 Å². The van der Waals surface area contributed by atoms with Crippen molar-refractivity contribution in [3.63, 3.8) is 0 Å². The number of carbonyl (C=O) groups excluding carboxylic acids is 1. The third-order valence-corrected chi connectivity index (χ3v) is 3.87. The lowest BCUT2D eigenvalue weighted by Crippen LogP contribution is -2.17. The summed E-state index contributed by atoms with van der Waals surface area (Å²) in [4.78, 5) is 11.9. The lowest BCUT2D eigenvalue weighted by atomic mass is 10.2. The number of hydrogen-bond acceptors (Lipinski definition) is 4. The summed E-state index contributed by atoms with van der Waals surface area (Å²) in [5, 5.41) is 14.3. The van der Waals surface area contributed by atoms with Crippen LogP contribution in [0.4, 0.5) is 0 Å². The van der Waals surface area contributed by atoms with E-state index in [9.17, 15) is 9.90 Å². The number of rotatable bonds is 5. The highest BCUT2D eigenvalue weighted by Gasteiger charge is 2.08. The van der Waals surface area contributed by atoms with E-state index in [0.717, 1.165) is 0 Å². The van der Waals surface area contributed by atoms with E-state index in [-0.39, 0.29) is 11.7 Å². The van der Waals surface area contributed by atoms with Crippen LogP contribution in [0.15, 0.2) is 41.5 Å². The maximum atomic E-state index is 11.9. The quantitative estimate of drug-likeness (QED) is 0.418. The summed E-state index contributed by atoms with van der Waals surface area (Å²) < 4.78 is 5.98. The van der Waals surface area contributed by atoms with Gasteiger partial charge in [-0.2, -0.15) is 5.10 Å². The molecule has 0 saturated carbocycles. The van der Waals surface area contributed by atoms with Crippen LogP contribution in [0.5, 0.6) is 11.5 Å². The topological polar surface area (TPSA) is 70.9 Å². The van der Waals surface area contributed by atoms with Gasteiger partial charge in [-0.1, -0.05) is 17.7 Å². The highest BCUT2D eigenvalue weighted by atomic mass is 127. The third kappa shape index (κ3) is 4.84. The Balaban J connectivity index is 2.10. The van der Waals surface area contributed by atoms with Crippen LogP contribution >= 0.6 is 34.2 Å². The molecule has 5 nitrogen and oxygen atoms in total. The zero-order valence-electron chi connectivity index (χ0n) is 12.2. The SMILES string of the molecule is CCOc1cc(/C=N\NC(=O)c2cccc(Cl)c2)cc(I)c1O. The fourth-order valence-electron chi connectivity index (χ4n) is 1.79. The largest absolute Gasteiger partial charge is 0.504 e. The molecule has 0 aliphatic heterocycles. The van der Waals surface area contributed by atoms with E-state index in [1.54, 1.807) is 36.4 Å². The van der Waals surface area contributed by atoms with Crippen LogP contribution in [0.1, 0.15) is 22.8 Å². The molecule has 0 heterocycles. The zero-order valence-corrected chi connectivity index (χ0v) is 15.1. The fourth-order valence-corrected chi connectivity index (χ4v) is 2.61. The number of halogens is 2. The van der Waals surface area contributed by atoms with Crippen molar-refractivity contribution in [3.05, 3.63) is 56.1 Å². The number of nitrogens with one attached hydrogen (secondary N) is 1. The molecule has 0 radical (unpaired) electrons. The summed E-state index contributed by atoms with van der Waals surface area (Å²) >= 11 is 7.84. The molecule has 2 aromatic rings. The molecule has 23 heavy (non-hydrogen) atoms. The number of phenols is 1. The fraction of sp³-hybridized carbons (Fsp3) is 0.125. The van der Waals surface area contributed by atoms with Crippen molar-refractivity contribution in [2.75, 3.05) is 6.61 Å². The molecule has 0 aliphatic rings. The number of ether oxygens (including phenoxy) is 1. The van der Waals surface area contributed by atoms with E-state index in [4.69, 9.17) is 16.3 Å². The van der Waals surface area contributed by atoms with E-state index in [2.05, 4.69) is 10.5 Å². The van der Waals surface area contributed by atoms with Gasteiger partial charge >= 0.3 is 0 Å². The number of aromatic hydroxyl groups is 1. The number of amides is 1. The molecule has 0 atom stereocenters. The van der Waals surface area contributed by atoms with Crippen molar-refractivity contribution in [2.45, 2.75) is 6.92 Å². The third-order valence-electron chi connectivity index (χ3n) is 2.82. The minimum Gasteiger partial charge on any atom is -0.504 e. The molecule has 0 bridgehead atoms. The molecule has 0 fully saturated rings. The first-order valence-electron chi connectivity index (χ1n) is 6.75. The standard InChI is InChI=1S/C16H14ClIN2O3/c1-2-23-14-7-10(6-13(18)15(14)21)9-19-20-16(22)11-4-3-5-12(17)8-11/h3-9,21H,2H2,1H3,(H,20,22)/b19-9-. The molecule has 0 unspecified atom stereocenters. The summed E-state index contributed by atoms with van der Waals surface area (Å²) in [7, 11) is 0. The highest BCUT2D eigenvalue weighted by molar-refractivity contribution is 14.1. The van der Waals surface area contributed by atoms with Crippen molar-refractivity contribution in [3.8, 4) is 11.5 Å². The Labute approximate surface area is 152 Å². The van der Waals surface area contributed by atoms with Gasteiger partial charge in [-0.25, -0.2) is 5.43 Å². The second-order valence-corrected chi connectivity index (χ2v) is 6.09. The van der Waals surface area contributed by atoms with Crippen LogP contribution in [-0.2, 0) is 0 Å². The van der Waals surface area contributed by atoms with Crippen LogP contribution < -0.4 is 10.2 Å². The van der Waals surface area contributed by atoms with Crippen molar-refractivity contribution in [1.29, 1.82) is 0 Å². The summed E-state index contributed by atoms with van der Waals surface area (Å²) in [6.07, 6.45) is 1.48. The van der Waals surface area contributed by atoms with Gasteiger partial charge in [0.25, 0.3) is 5.91 Å². The van der Waals surface area contributed by atoms with E-state index in [1.807, 2.05) is 29.5 Å². The Morgan fingerprint density at radius 2 is 2.22 bits per heavy atom. The van der Waals surface area contributed by atoms with E-state index in [0.29, 0.717) is 32.1 Å². The molecule has 7 heteroatoms. The summed E-state index contributed by atoms with van der Waals surface area (Å²) in [6, 6.07) is 9.97. The van der Waals surface area contributed by atoms with Gasteiger partial charge in [0.1, 0.15) is 0 Å². The van der Waals surface area contributed by atoms with Gasteiger partial charge in [0, 0.05) is 10.6 Å². The maximum Gasteiger partial charge on any atom is 0.271 e. The second-order valence-electron chi connectivity index (χ2n) is 4.49. The second kappa shape index (κ2) is 8.16. The Morgan fingerprint density at radius 3 is 2.91 bits per heavy atom. The number of phenolic OH excluding ortho intramolecular Hbond substituents is 1. The van der Waals surface area contributed by atoms with Crippen molar-refractivity contribution in [2.24, 2.45) is 5.10 Å². The summed E-state index contributed by atoms with van der Waals surface area (Å²) in [6.45, 7) is 2.27. The molecule has 2 rings (SSSR count). The van der Waals surface area contributed by atoms with E-state index >= 15 is 0 Å². The smallest absolute Gasteiger partial charge is 0.271 e. The molecule has 1 amide bonds. The lowest BCUT2D eigenvalue weighted by Gasteiger charge is -2.08. The highest BCUT2D eigenvalue weighted by Crippen LogP contribution is 2.32. The Bertz CT molecular complexity index is 750. The lowest BCUT2D eigenvalue weighted by molar-refractivity contribution is 0.0955. The molecular weight excluding hydrogens is 431 g/mol. The van der Waals surface area contributed by atoms with Crippen molar-refractivity contribution in [1.82, 2.24) is 5.43 Å². The van der Waals surface area contributed by atoms with Gasteiger partial charge in [-0.15, -0.1) is 0 Å². The molecular formula is C16H14ClIN2O3. The van der Waals surface area contributed by atoms with Gasteiger partial charge < -0.3 is 9.84 Å². The first kappa shape index (κ1) is 17.6. The van der Waals surface area contributed by atoms with Crippen LogP contribution in [0, 0.1) is 3.57 Å². The van der Waals surface area contributed by atoms with Crippen molar-refractivity contribution < 1.29 is 14.6 Å². The number of benzene rings is 2. The number of hydrazone groups is 1. The molecule has 0 aromatic heterocycles. The summed E-state index contributed by atoms with van der Waals surface area (Å²) in [5.74, 6) is 0.108. The Morgan fingerprint density at radius 1 is 1.43 bits per heavy atom. The Kier molecular flexibility index (Phi) is 6.23. The molecule has 0 aliphatic carbocycles. The number of carbonyl (C=O) groups is 1. The predicted octanol–water partition coefficient (Wildman–Crippen LogP) is 3.81. The predicted molar refractivity (Wildman–Crippen MR) is 98.5 cm³/mol. The zero-order chi connectivity index (χ0) is 16.8. The first-order chi connectivity index (χ1) is 11.0. The number of nitrogens with zero attached hydrogens (tertiary/aromatic N) is 1. The molecule has 120 valence electrons. The van der Waals surface area contributed by atoms with Gasteiger partial charge in [-0.05, 0) is 65.4 Å². The van der Waals surface area contributed by atoms with Gasteiger partial charge in [0.15, 0.2) is 11.5 Å². The van der Waals surface area contributed by atoms with Gasteiger partial charge in [-0.3, -0.25) is 4.79 Å². The normalized spacial score (nSPS) is 10.7. The molecule has 2 aromatic carbocycles. The van der Waals surface area contributed by atoms with Gasteiger partial charge in [0.2, 0.25) is 0 Å². The van der Waals surface area contributed by atoms with E-state index in [1.165, 1.54) is 6.21 Å². The minimum atomic E-state index is -0.359.